The van der Waals surface area contributed by atoms with Gasteiger partial charge in [-0.2, -0.15) is 4.99 Å². The number of nitrogens with zero attached hydrogens (tertiary/aromatic N) is 2. The fourth-order valence-corrected chi connectivity index (χ4v) is 4.23. The third kappa shape index (κ3) is 3.52. The minimum absolute atomic E-state index is 0.271. The van der Waals surface area contributed by atoms with E-state index in [0.29, 0.717) is 11.3 Å². The highest BCUT2D eigenvalue weighted by molar-refractivity contribution is 7.17. The summed E-state index contributed by atoms with van der Waals surface area (Å²) in [7, 11) is 0. The molecule has 4 aromatic rings. The van der Waals surface area contributed by atoms with Gasteiger partial charge < -0.3 is 4.57 Å². The molecule has 1 heterocycles. The van der Waals surface area contributed by atoms with E-state index in [9.17, 15) is 4.79 Å². The summed E-state index contributed by atoms with van der Waals surface area (Å²) in [6.07, 6.45) is 5.12. The summed E-state index contributed by atoms with van der Waals surface area (Å²) in [5.74, 6) is -0.271. The van der Waals surface area contributed by atoms with Crippen LogP contribution < -0.4 is 4.80 Å². The second kappa shape index (κ2) is 7.56. The highest BCUT2D eigenvalue weighted by atomic mass is 32.1. The Morgan fingerprint density at radius 1 is 1.04 bits per heavy atom. The smallest absolute Gasteiger partial charge is 0.272 e. The van der Waals surface area contributed by atoms with E-state index in [-0.39, 0.29) is 5.91 Å². The lowest BCUT2D eigenvalue weighted by atomic mass is 10.1. The third-order valence-corrected chi connectivity index (χ3v) is 5.44. The first-order valence-electron chi connectivity index (χ1n) is 8.70. The Balaban J connectivity index is 1.82. The average molecular weight is 370 g/mol. The molecule has 4 heteroatoms. The quantitative estimate of drug-likeness (QED) is 0.360. The van der Waals surface area contributed by atoms with Crippen molar-refractivity contribution in [3.8, 4) is 0 Å². The Kier molecular flexibility index (Phi) is 4.81. The molecule has 0 aliphatic carbocycles. The highest BCUT2D eigenvalue weighted by Crippen LogP contribution is 2.27. The van der Waals surface area contributed by atoms with Crippen LogP contribution in [-0.4, -0.2) is 10.5 Å². The molecule has 0 radical (unpaired) electrons. The van der Waals surface area contributed by atoms with Gasteiger partial charge in [-0.1, -0.05) is 78.1 Å². The molecule has 1 amide bonds. The Morgan fingerprint density at radius 3 is 2.63 bits per heavy atom. The zero-order valence-electron chi connectivity index (χ0n) is 14.7. The molecule has 0 unspecified atom stereocenters. The molecule has 0 bridgehead atoms. The predicted octanol–water partition coefficient (Wildman–Crippen LogP) is 5.18. The van der Waals surface area contributed by atoms with Crippen molar-refractivity contribution < 1.29 is 4.79 Å². The van der Waals surface area contributed by atoms with Crippen molar-refractivity contribution in [3.05, 3.63) is 95.8 Å². The van der Waals surface area contributed by atoms with Crippen molar-refractivity contribution in [3.63, 3.8) is 0 Å². The minimum Gasteiger partial charge on any atom is -0.312 e. The lowest BCUT2D eigenvalue weighted by Gasteiger charge is -2.02. The molecule has 0 aliphatic rings. The van der Waals surface area contributed by atoms with Crippen molar-refractivity contribution in [2.24, 2.45) is 4.99 Å². The fraction of sp³-hybridized carbons (Fsp3) is 0.0435. The van der Waals surface area contributed by atoms with Gasteiger partial charge in [-0.05, 0) is 23.1 Å². The largest absolute Gasteiger partial charge is 0.312 e. The van der Waals surface area contributed by atoms with Crippen LogP contribution in [0.5, 0.6) is 0 Å². The van der Waals surface area contributed by atoms with Crippen molar-refractivity contribution in [2.45, 2.75) is 6.54 Å². The lowest BCUT2D eigenvalue weighted by Crippen LogP contribution is -2.15. The van der Waals surface area contributed by atoms with Gasteiger partial charge in [0.15, 0.2) is 4.80 Å². The first kappa shape index (κ1) is 17.2. The minimum atomic E-state index is -0.271. The van der Waals surface area contributed by atoms with Gasteiger partial charge in [0.25, 0.3) is 5.91 Å². The first-order chi connectivity index (χ1) is 13.3. The summed E-state index contributed by atoms with van der Waals surface area (Å²) in [4.78, 5) is 17.4. The standard InChI is InChI=1S/C23H18N2OS/c1-2-16-25-20-14-13-18-10-6-7-11-19(18)22(20)27-23(25)24-21(26)15-12-17-8-4-3-5-9-17/h2-15H,1,16H2/b15-12+,24-23?. The molecule has 0 atom stereocenters. The maximum atomic E-state index is 12.4. The number of hydrogen-bond donors (Lipinski definition) is 0. The molecule has 0 fully saturated rings. The van der Waals surface area contributed by atoms with Crippen LogP contribution in [0.15, 0.2) is 90.5 Å². The number of thiazole rings is 1. The average Bonchev–Trinajstić information content (AvgIpc) is 3.05. The van der Waals surface area contributed by atoms with Crippen LogP contribution in [0.25, 0.3) is 27.1 Å². The van der Waals surface area contributed by atoms with Crippen molar-refractivity contribution in [2.75, 3.05) is 0 Å². The number of benzene rings is 3. The summed E-state index contributed by atoms with van der Waals surface area (Å²) >= 11 is 1.54. The summed E-state index contributed by atoms with van der Waals surface area (Å²) in [5, 5.41) is 2.35. The molecule has 0 saturated carbocycles. The fourth-order valence-electron chi connectivity index (χ4n) is 3.05. The Morgan fingerprint density at radius 2 is 1.81 bits per heavy atom. The van der Waals surface area contributed by atoms with Crippen LogP contribution in [0, 0.1) is 0 Å². The van der Waals surface area contributed by atoms with Gasteiger partial charge in [-0.15, -0.1) is 6.58 Å². The number of carbonyl (C=O) groups is 1. The van der Waals surface area contributed by atoms with Crippen LogP contribution in [-0.2, 0) is 11.3 Å². The molecule has 132 valence electrons. The first-order valence-corrected chi connectivity index (χ1v) is 9.52. The van der Waals surface area contributed by atoms with E-state index in [0.717, 1.165) is 15.8 Å². The van der Waals surface area contributed by atoms with E-state index >= 15 is 0 Å². The second-order valence-electron chi connectivity index (χ2n) is 6.11. The third-order valence-electron chi connectivity index (χ3n) is 4.31. The maximum Gasteiger partial charge on any atom is 0.272 e. The van der Waals surface area contributed by atoms with Gasteiger partial charge >= 0.3 is 0 Å². The van der Waals surface area contributed by atoms with Crippen molar-refractivity contribution in [1.29, 1.82) is 0 Å². The van der Waals surface area contributed by atoms with Crippen LogP contribution in [0.4, 0.5) is 0 Å². The monoisotopic (exact) mass is 370 g/mol. The van der Waals surface area contributed by atoms with Gasteiger partial charge in [0.1, 0.15) is 0 Å². The molecular formula is C23H18N2OS. The van der Waals surface area contributed by atoms with Gasteiger partial charge in [-0.25, -0.2) is 0 Å². The van der Waals surface area contributed by atoms with Gasteiger partial charge in [0.2, 0.25) is 0 Å². The van der Waals surface area contributed by atoms with Crippen molar-refractivity contribution in [1.82, 2.24) is 4.57 Å². The zero-order valence-corrected chi connectivity index (χ0v) is 15.5. The summed E-state index contributed by atoms with van der Waals surface area (Å²) in [6, 6.07) is 22.2. The molecule has 1 aromatic heterocycles. The number of carbonyl (C=O) groups excluding carboxylic acids is 1. The highest BCUT2D eigenvalue weighted by Gasteiger charge is 2.09. The normalized spacial score (nSPS) is 12.2. The van der Waals surface area contributed by atoms with Crippen LogP contribution in [0.1, 0.15) is 5.56 Å². The topological polar surface area (TPSA) is 34.4 Å². The van der Waals surface area contributed by atoms with Crippen LogP contribution in [0.3, 0.4) is 0 Å². The van der Waals surface area contributed by atoms with Crippen LogP contribution >= 0.6 is 11.3 Å². The summed E-state index contributed by atoms with van der Waals surface area (Å²) in [5.41, 5.74) is 2.04. The molecule has 4 rings (SSSR count). The second-order valence-corrected chi connectivity index (χ2v) is 7.09. The van der Waals surface area contributed by atoms with E-state index < -0.39 is 0 Å². The number of fused-ring (bicyclic) bond motifs is 3. The maximum absolute atomic E-state index is 12.4. The number of allylic oxidation sites excluding steroid dienone is 1. The molecule has 0 spiro atoms. The summed E-state index contributed by atoms with van der Waals surface area (Å²) in [6.45, 7) is 4.45. The van der Waals surface area contributed by atoms with Gasteiger partial charge in [-0.3, -0.25) is 4.79 Å². The van der Waals surface area contributed by atoms with Crippen molar-refractivity contribution >= 4 is 44.3 Å². The van der Waals surface area contributed by atoms with Gasteiger partial charge in [0, 0.05) is 18.0 Å². The van der Waals surface area contributed by atoms with E-state index in [1.807, 2.05) is 53.1 Å². The molecular weight excluding hydrogens is 352 g/mol. The molecule has 27 heavy (non-hydrogen) atoms. The number of amides is 1. The summed E-state index contributed by atoms with van der Waals surface area (Å²) < 4.78 is 3.17. The van der Waals surface area contributed by atoms with E-state index in [1.165, 1.54) is 28.2 Å². The number of rotatable bonds is 4. The Labute approximate surface area is 161 Å². The van der Waals surface area contributed by atoms with E-state index in [1.54, 1.807) is 6.08 Å². The Hall–Kier alpha value is -3.24. The lowest BCUT2D eigenvalue weighted by molar-refractivity contribution is -0.113. The number of aromatic nitrogens is 1. The molecule has 0 aliphatic heterocycles. The molecule has 0 saturated heterocycles. The molecule has 3 aromatic carbocycles. The number of hydrogen-bond acceptors (Lipinski definition) is 2. The van der Waals surface area contributed by atoms with Crippen LogP contribution in [0.2, 0.25) is 0 Å². The Bertz CT molecular complexity index is 1230. The molecule has 3 nitrogen and oxygen atoms in total. The van der Waals surface area contributed by atoms with E-state index in [2.05, 4.69) is 35.8 Å². The zero-order chi connectivity index (χ0) is 18.6. The van der Waals surface area contributed by atoms with E-state index in [4.69, 9.17) is 0 Å². The SMILES string of the molecule is C=CCn1c(=NC(=O)/C=C/c2ccccc2)sc2c3ccccc3ccc21. The van der Waals surface area contributed by atoms with Gasteiger partial charge in [0.05, 0.1) is 10.2 Å². The predicted molar refractivity (Wildman–Crippen MR) is 114 cm³/mol. The molecule has 0 N–H and O–H groups in total.